The van der Waals surface area contributed by atoms with E-state index in [9.17, 15) is 4.79 Å². The molecule has 0 spiro atoms. The van der Waals surface area contributed by atoms with Crippen LogP contribution in [0, 0.1) is 5.92 Å². The van der Waals surface area contributed by atoms with Crippen LogP contribution in [0.4, 0.5) is 0 Å². The number of hydrogen-bond acceptors (Lipinski definition) is 4. The van der Waals surface area contributed by atoms with E-state index in [0.29, 0.717) is 12.1 Å². The molecule has 1 N–H and O–H groups in total. The zero-order chi connectivity index (χ0) is 12.1. The van der Waals surface area contributed by atoms with Crippen LogP contribution in [0.15, 0.2) is 29.6 Å². The van der Waals surface area contributed by atoms with E-state index in [1.165, 1.54) is 0 Å². The Hall–Kier alpha value is -1.58. The van der Waals surface area contributed by atoms with Crippen molar-refractivity contribution in [2.24, 2.45) is 11.1 Å². The zero-order valence-corrected chi connectivity index (χ0v) is 9.92. The van der Waals surface area contributed by atoms with Gasteiger partial charge in [-0.25, -0.2) is 0 Å². The first-order valence-corrected chi connectivity index (χ1v) is 5.41. The van der Waals surface area contributed by atoms with Gasteiger partial charge in [-0.15, -0.1) is 0 Å². The molecule has 0 aromatic heterocycles. The molecule has 0 fully saturated rings. The number of oxime groups is 1. The number of nitrogens with zero attached hydrogens (tertiary/aromatic N) is 2. The molecule has 0 aliphatic carbocycles. The first kappa shape index (κ1) is 12.5. The molecule has 1 rings (SSSR count). The molecule has 0 aromatic carbocycles. The summed E-state index contributed by atoms with van der Waals surface area (Å²) < 4.78 is 0. The van der Waals surface area contributed by atoms with Crippen molar-refractivity contribution in [2.75, 3.05) is 7.05 Å². The van der Waals surface area contributed by atoms with Crippen molar-refractivity contribution in [3.8, 4) is 0 Å². The first-order chi connectivity index (χ1) is 7.61. The van der Waals surface area contributed by atoms with Gasteiger partial charge in [0.25, 0.3) is 0 Å². The van der Waals surface area contributed by atoms with E-state index < -0.39 is 0 Å². The molecular formula is C12H18N2O2. The molecule has 0 bridgehead atoms. The Morgan fingerprint density at radius 3 is 2.75 bits per heavy atom. The minimum Gasteiger partial charge on any atom is -0.411 e. The summed E-state index contributed by atoms with van der Waals surface area (Å²) in [5.74, 6) is -0.241. The van der Waals surface area contributed by atoms with E-state index in [0.717, 1.165) is 0 Å². The number of carbonyl (C=O) groups excluding carboxylic acids is 1. The maximum atomic E-state index is 12.2. The SMILES string of the molecule is CCC(C(=O)[C@@H]1C=CC=CN1C)C(C)=NO. The quantitative estimate of drug-likeness (QED) is 0.448. The van der Waals surface area contributed by atoms with Gasteiger partial charge in [0.05, 0.1) is 11.6 Å². The molecule has 0 amide bonds. The van der Waals surface area contributed by atoms with Crippen molar-refractivity contribution in [1.29, 1.82) is 0 Å². The predicted octanol–water partition coefficient (Wildman–Crippen LogP) is 1.82. The van der Waals surface area contributed by atoms with Crippen LogP contribution in [0.1, 0.15) is 20.3 Å². The summed E-state index contributed by atoms with van der Waals surface area (Å²) in [4.78, 5) is 14.1. The maximum Gasteiger partial charge on any atom is 0.167 e. The van der Waals surface area contributed by atoms with Crippen LogP contribution in [-0.2, 0) is 4.79 Å². The second kappa shape index (κ2) is 5.49. The molecule has 0 radical (unpaired) electrons. The monoisotopic (exact) mass is 222 g/mol. The number of likely N-dealkylation sites (N-methyl/N-ethyl adjacent to an activating group) is 1. The third-order valence-corrected chi connectivity index (χ3v) is 2.87. The summed E-state index contributed by atoms with van der Waals surface area (Å²) in [6.07, 6.45) is 8.12. The van der Waals surface area contributed by atoms with Gasteiger partial charge >= 0.3 is 0 Å². The average molecular weight is 222 g/mol. The predicted molar refractivity (Wildman–Crippen MR) is 63.5 cm³/mol. The fourth-order valence-electron chi connectivity index (χ4n) is 1.86. The lowest BCUT2D eigenvalue weighted by Gasteiger charge is -2.27. The normalized spacial score (nSPS) is 22.3. The molecule has 0 saturated carbocycles. The van der Waals surface area contributed by atoms with Crippen molar-refractivity contribution in [3.05, 3.63) is 24.4 Å². The third-order valence-electron chi connectivity index (χ3n) is 2.87. The lowest BCUT2D eigenvalue weighted by molar-refractivity contribution is -0.123. The van der Waals surface area contributed by atoms with E-state index in [1.807, 2.05) is 43.3 Å². The third kappa shape index (κ3) is 2.51. The summed E-state index contributed by atoms with van der Waals surface area (Å²) >= 11 is 0. The number of ketones is 1. The molecule has 2 atom stereocenters. The molecule has 16 heavy (non-hydrogen) atoms. The minimum atomic E-state index is -0.311. The van der Waals surface area contributed by atoms with E-state index in [4.69, 9.17) is 5.21 Å². The fourth-order valence-corrected chi connectivity index (χ4v) is 1.86. The van der Waals surface area contributed by atoms with Crippen LogP contribution >= 0.6 is 0 Å². The van der Waals surface area contributed by atoms with Crippen LogP contribution in [0.3, 0.4) is 0 Å². The summed E-state index contributed by atoms with van der Waals surface area (Å²) in [7, 11) is 1.86. The molecule has 0 aromatic rings. The van der Waals surface area contributed by atoms with Gasteiger partial charge in [-0.05, 0) is 25.6 Å². The van der Waals surface area contributed by atoms with Crippen molar-refractivity contribution >= 4 is 11.5 Å². The lowest BCUT2D eigenvalue weighted by atomic mass is 9.90. The van der Waals surface area contributed by atoms with Crippen LogP contribution in [0.2, 0.25) is 0 Å². The molecule has 1 heterocycles. The second-order valence-corrected chi connectivity index (χ2v) is 3.94. The smallest absolute Gasteiger partial charge is 0.167 e. The molecule has 0 saturated heterocycles. The molecule has 1 aliphatic heterocycles. The highest BCUT2D eigenvalue weighted by Gasteiger charge is 2.28. The standard InChI is InChI=1S/C12H18N2O2/c1-4-10(9(2)13-16)12(15)11-7-5-6-8-14(11)3/h5-8,10-11,16H,4H2,1-3H3/t10?,11-/m0/s1. The molecule has 1 aliphatic rings. The summed E-state index contributed by atoms with van der Waals surface area (Å²) in [6, 6.07) is -0.258. The van der Waals surface area contributed by atoms with Gasteiger partial charge in [-0.3, -0.25) is 4.79 Å². The van der Waals surface area contributed by atoms with E-state index in [1.54, 1.807) is 6.92 Å². The second-order valence-electron chi connectivity index (χ2n) is 3.94. The van der Waals surface area contributed by atoms with E-state index in [-0.39, 0.29) is 17.7 Å². The molecular weight excluding hydrogens is 204 g/mol. The van der Waals surface area contributed by atoms with Gasteiger partial charge in [0.2, 0.25) is 0 Å². The Kier molecular flexibility index (Phi) is 4.28. The number of hydrogen-bond donors (Lipinski definition) is 1. The fraction of sp³-hybridized carbons (Fsp3) is 0.500. The van der Waals surface area contributed by atoms with Gasteiger partial charge in [0.1, 0.15) is 6.04 Å². The lowest BCUT2D eigenvalue weighted by Crippen LogP contribution is -2.40. The summed E-state index contributed by atoms with van der Waals surface area (Å²) in [6.45, 7) is 3.59. The Labute approximate surface area is 95.9 Å². The largest absolute Gasteiger partial charge is 0.411 e. The number of allylic oxidation sites excluding steroid dienone is 2. The number of carbonyl (C=O) groups is 1. The highest BCUT2D eigenvalue weighted by molar-refractivity contribution is 6.06. The zero-order valence-electron chi connectivity index (χ0n) is 9.92. The number of Topliss-reactive ketones (excluding diaryl/α,β-unsaturated/α-hetero) is 1. The Morgan fingerprint density at radius 2 is 2.25 bits per heavy atom. The Balaban J connectivity index is 2.83. The van der Waals surface area contributed by atoms with Crippen LogP contribution < -0.4 is 0 Å². The maximum absolute atomic E-state index is 12.2. The van der Waals surface area contributed by atoms with Gasteiger partial charge in [0, 0.05) is 7.05 Å². The van der Waals surface area contributed by atoms with Gasteiger partial charge in [-0.2, -0.15) is 0 Å². The van der Waals surface area contributed by atoms with E-state index in [2.05, 4.69) is 5.16 Å². The van der Waals surface area contributed by atoms with Crippen molar-refractivity contribution in [3.63, 3.8) is 0 Å². The molecule has 88 valence electrons. The highest BCUT2D eigenvalue weighted by Crippen LogP contribution is 2.16. The van der Waals surface area contributed by atoms with Crippen LogP contribution in [0.25, 0.3) is 0 Å². The number of rotatable bonds is 4. The van der Waals surface area contributed by atoms with Gasteiger partial charge in [0.15, 0.2) is 5.78 Å². The van der Waals surface area contributed by atoms with Crippen LogP contribution in [-0.4, -0.2) is 34.7 Å². The Morgan fingerprint density at radius 1 is 1.56 bits per heavy atom. The van der Waals surface area contributed by atoms with Crippen molar-refractivity contribution in [1.82, 2.24) is 4.90 Å². The summed E-state index contributed by atoms with van der Waals surface area (Å²) in [5.41, 5.74) is 0.476. The highest BCUT2D eigenvalue weighted by atomic mass is 16.4. The van der Waals surface area contributed by atoms with Crippen molar-refractivity contribution < 1.29 is 10.0 Å². The van der Waals surface area contributed by atoms with Crippen LogP contribution in [0.5, 0.6) is 0 Å². The van der Waals surface area contributed by atoms with Gasteiger partial charge in [-0.1, -0.05) is 24.2 Å². The molecule has 1 unspecified atom stereocenters. The van der Waals surface area contributed by atoms with E-state index >= 15 is 0 Å². The van der Waals surface area contributed by atoms with Crippen molar-refractivity contribution in [2.45, 2.75) is 26.3 Å². The Bertz CT molecular complexity index is 341. The minimum absolute atomic E-state index is 0.0703. The average Bonchev–Trinajstić information content (AvgIpc) is 2.30. The molecule has 4 heteroatoms. The first-order valence-electron chi connectivity index (χ1n) is 5.41. The summed E-state index contributed by atoms with van der Waals surface area (Å²) in [5, 5.41) is 11.9. The molecule has 4 nitrogen and oxygen atoms in total. The van der Waals surface area contributed by atoms with Gasteiger partial charge < -0.3 is 10.1 Å². The topological polar surface area (TPSA) is 52.9 Å².